The van der Waals surface area contributed by atoms with E-state index in [-0.39, 0.29) is 17.0 Å². The number of hydrogen-bond donors (Lipinski definition) is 1. The third-order valence-electron chi connectivity index (χ3n) is 3.68. The Balaban J connectivity index is 2.09. The van der Waals surface area contributed by atoms with E-state index in [0.29, 0.717) is 25.2 Å². The Labute approximate surface area is 113 Å². The molecule has 0 aliphatic carbocycles. The van der Waals surface area contributed by atoms with Gasteiger partial charge >= 0.3 is 0 Å². The van der Waals surface area contributed by atoms with E-state index in [2.05, 4.69) is 12.2 Å². The highest BCUT2D eigenvalue weighted by Gasteiger charge is 2.35. The normalized spacial score (nSPS) is 22.9. The maximum absolute atomic E-state index is 13.8. The van der Waals surface area contributed by atoms with Gasteiger partial charge in [-0.1, -0.05) is 6.92 Å². The van der Waals surface area contributed by atoms with Crippen LogP contribution in [-0.2, 0) is 11.2 Å². The van der Waals surface area contributed by atoms with Gasteiger partial charge in [0.05, 0.1) is 6.61 Å². The lowest BCUT2D eigenvalue weighted by Gasteiger charge is -2.28. The van der Waals surface area contributed by atoms with Crippen LogP contribution in [0.2, 0.25) is 0 Å². The Hall–Kier alpha value is -1.00. The Morgan fingerprint density at radius 1 is 1.37 bits per heavy atom. The van der Waals surface area contributed by atoms with Gasteiger partial charge in [0.25, 0.3) is 0 Å². The minimum Gasteiger partial charge on any atom is -0.381 e. The fourth-order valence-electron chi connectivity index (χ4n) is 2.60. The second kappa shape index (κ2) is 6.44. The molecule has 1 saturated heterocycles. The molecule has 1 aliphatic heterocycles. The molecule has 0 saturated carbocycles. The van der Waals surface area contributed by atoms with E-state index in [1.165, 1.54) is 12.1 Å². The van der Waals surface area contributed by atoms with Crippen LogP contribution in [0.3, 0.4) is 0 Å². The molecular formula is C15H21F2NO. The third kappa shape index (κ3) is 3.74. The van der Waals surface area contributed by atoms with Crippen LogP contribution < -0.4 is 5.32 Å². The number of benzene rings is 1. The quantitative estimate of drug-likeness (QED) is 0.802. The predicted octanol–water partition coefficient (Wildman–Crippen LogP) is 2.91. The summed E-state index contributed by atoms with van der Waals surface area (Å²) >= 11 is 0. The summed E-state index contributed by atoms with van der Waals surface area (Å²) in [6, 6.07) is 3.66. The molecule has 1 atom stereocenters. The van der Waals surface area contributed by atoms with Crippen molar-refractivity contribution < 1.29 is 13.5 Å². The molecule has 1 fully saturated rings. The summed E-state index contributed by atoms with van der Waals surface area (Å²) in [4.78, 5) is 0. The van der Waals surface area contributed by atoms with Gasteiger partial charge in [-0.2, -0.15) is 0 Å². The van der Waals surface area contributed by atoms with Crippen molar-refractivity contribution in [3.8, 4) is 0 Å². The van der Waals surface area contributed by atoms with Gasteiger partial charge in [-0.05, 0) is 49.6 Å². The lowest BCUT2D eigenvalue weighted by molar-refractivity contribution is 0.149. The van der Waals surface area contributed by atoms with Crippen molar-refractivity contribution in [3.05, 3.63) is 35.4 Å². The molecule has 19 heavy (non-hydrogen) atoms. The van der Waals surface area contributed by atoms with Gasteiger partial charge in [-0.3, -0.25) is 0 Å². The molecule has 4 heteroatoms. The average Bonchev–Trinajstić information content (AvgIpc) is 2.83. The maximum atomic E-state index is 13.8. The van der Waals surface area contributed by atoms with Gasteiger partial charge in [0.1, 0.15) is 11.6 Å². The number of hydrogen-bond acceptors (Lipinski definition) is 2. The second-order valence-corrected chi connectivity index (χ2v) is 5.39. The minimum absolute atomic E-state index is 0.107. The van der Waals surface area contributed by atoms with Crippen molar-refractivity contribution >= 4 is 0 Å². The Morgan fingerprint density at radius 3 is 2.89 bits per heavy atom. The van der Waals surface area contributed by atoms with Crippen molar-refractivity contribution in [2.75, 3.05) is 26.3 Å². The first-order valence-corrected chi connectivity index (χ1v) is 6.88. The van der Waals surface area contributed by atoms with Crippen LogP contribution in [0.25, 0.3) is 0 Å². The number of rotatable bonds is 6. The summed E-state index contributed by atoms with van der Waals surface area (Å²) in [6.45, 7) is 5.14. The SMILES string of the molecule is CCCNCC1(Cc2cc(F)ccc2F)CCOC1. The highest BCUT2D eigenvalue weighted by atomic mass is 19.1. The molecule has 0 aromatic heterocycles. The molecule has 0 spiro atoms. The maximum Gasteiger partial charge on any atom is 0.126 e. The van der Waals surface area contributed by atoms with Crippen LogP contribution in [0.5, 0.6) is 0 Å². The summed E-state index contributed by atoms with van der Waals surface area (Å²) in [5, 5.41) is 3.38. The Bertz CT molecular complexity index is 417. The molecule has 1 unspecified atom stereocenters. The molecule has 0 amide bonds. The smallest absolute Gasteiger partial charge is 0.126 e. The molecule has 0 bridgehead atoms. The summed E-state index contributed by atoms with van der Waals surface area (Å²) < 4.78 is 32.5. The molecule has 1 aliphatic rings. The van der Waals surface area contributed by atoms with Gasteiger partial charge in [0, 0.05) is 18.6 Å². The monoisotopic (exact) mass is 269 g/mol. The first kappa shape index (κ1) is 14.4. The van der Waals surface area contributed by atoms with Crippen LogP contribution in [0, 0.1) is 17.0 Å². The summed E-state index contributed by atoms with van der Waals surface area (Å²) in [5.74, 6) is -0.713. The largest absolute Gasteiger partial charge is 0.381 e. The number of halogens is 2. The fraction of sp³-hybridized carbons (Fsp3) is 0.600. The van der Waals surface area contributed by atoms with Gasteiger partial charge < -0.3 is 10.1 Å². The van der Waals surface area contributed by atoms with E-state index >= 15 is 0 Å². The highest BCUT2D eigenvalue weighted by molar-refractivity contribution is 5.21. The van der Waals surface area contributed by atoms with Crippen LogP contribution >= 0.6 is 0 Å². The zero-order valence-electron chi connectivity index (χ0n) is 11.3. The molecule has 2 rings (SSSR count). The summed E-state index contributed by atoms with van der Waals surface area (Å²) in [5.41, 5.74) is 0.341. The van der Waals surface area contributed by atoms with Gasteiger partial charge in [0.15, 0.2) is 0 Å². The van der Waals surface area contributed by atoms with Gasteiger partial charge in [-0.25, -0.2) is 8.78 Å². The van der Waals surface area contributed by atoms with Crippen molar-refractivity contribution in [1.82, 2.24) is 5.32 Å². The predicted molar refractivity (Wildman–Crippen MR) is 71.1 cm³/mol. The van der Waals surface area contributed by atoms with E-state index in [1.54, 1.807) is 0 Å². The van der Waals surface area contributed by atoms with Gasteiger partial charge in [-0.15, -0.1) is 0 Å². The highest BCUT2D eigenvalue weighted by Crippen LogP contribution is 2.33. The third-order valence-corrected chi connectivity index (χ3v) is 3.68. The minimum atomic E-state index is -0.382. The first-order valence-electron chi connectivity index (χ1n) is 6.88. The molecule has 1 N–H and O–H groups in total. The van der Waals surface area contributed by atoms with E-state index in [0.717, 1.165) is 32.0 Å². The van der Waals surface area contributed by atoms with Crippen LogP contribution in [0.4, 0.5) is 8.78 Å². The van der Waals surface area contributed by atoms with Crippen LogP contribution in [-0.4, -0.2) is 26.3 Å². The van der Waals surface area contributed by atoms with Crippen LogP contribution in [0.15, 0.2) is 18.2 Å². The fourth-order valence-corrected chi connectivity index (χ4v) is 2.60. The number of nitrogens with one attached hydrogen (secondary N) is 1. The topological polar surface area (TPSA) is 21.3 Å². The van der Waals surface area contributed by atoms with E-state index in [9.17, 15) is 8.78 Å². The van der Waals surface area contributed by atoms with Crippen molar-refractivity contribution in [2.45, 2.75) is 26.2 Å². The molecule has 1 aromatic carbocycles. The summed E-state index contributed by atoms with van der Waals surface area (Å²) in [7, 11) is 0. The Kier molecular flexibility index (Phi) is 4.88. The van der Waals surface area contributed by atoms with E-state index in [1.807, 2.05) is 0 Å². The van der Waals surface area contributed by atoms with Crippen molar-refractivity contribution in [3.63, 3.8) is 0 Å². The van der Waals surface area contributed by atoms with Crippen LogP contribution in [0.1, 0.15) is 25.3 Å². The van der Waals surface area contributed by atoms with Crippen molar-refractivity contribution in [2.24, 2.45) is 5.41 Å². The average molecular weight is 269 g/mol. The molecule has 0 radical (unpaired) electrons. The summed E-state index contributed by atoms with van der Waals surface area (Å²) in [6.07, 6.45) is 2.47. The van der Waals surface area contributed by atoms with Crippen molar-refractivity contribution in [1.29, 1.82) is 0 Å². The molecule has 2 nitrogen and oxygen atoms in total. The zero-order valence-corrected chi connectivity index (χ0v) is 11.3. The number of ether oxygens (including phenoxy) is 1. The van der Waals surface area contributed by atoms with E-state index in [4.69, 9.17) is 4.74 Å². The molecule has 106 valence electrons. The second-order valence-electron chi connectivity index (χ2n) is 5.39. The van der Waals surface area contributed by atoms with Gasteiger partial charge in [0.2, 0.25) is 0 Å². The standard InChI is InChI=1S/C15H21F2NO/c1-2-6-18-10-15(5-7-19-11-15)9-12-8-13(16)3-4-14(12)17/h3-4,8,18H,2,5-7,9-11H2,1H3. The molecule has 1 heterocycles. The van der Waals surface area contributed by atoms with E-state index < -0.39 is 0 Å². The molecular weight excluding hydrogens is 248 g/mol. The zero-order chi connectivity index (χ0) is 13.7. The lowest BCUT2D eigenvalue weighted by atomic mass is 9.80. The molecule has 1 aromatic rings. The Morgan fingerprint density at radius 2 is 2.21 bits per heavy atom. The first-order chi connectivity index (χ1) is 9.15. The lowest BCUT2D eigenvalue weighted by Crippen LogP contribution is -2.37.